The van der Waals surface area contributed by atoms with Crippen molar-refractivity contribution in [3.63, 3.8) is 0 Å². The Morgan fingerprint density at radius 2 is 1.83 bits per heavy atom. The van der Waals surface area contributed by atoms with Crippen LogP contribution in [0.4, 0.5) is 11.5 Å². The van der Waals surface area contributed by atoms with Crippen molar-refractivity contribution in [2.45, 2.75) is 25.2 Å². The van der Waals surface area contributed by atoms with E-state index in [2.05, 4.69) is 39.0 Å². The molecule has 2 N–H and O–H groups in total. The molecule has 1 aromatic heterocycles. The lowest BCUT2D eigenvalue weighted by atomic mass is 10.0. The number of aromatic nitrogens is 1. The molecule has 0 saturated carbocycles. The number of esters is 1. The zero-order chi connectivity index (χ0) is 26.0. The van der Waals surface area contributed by atoms with Crippen molar-refractivity contribution in [3.05, 3.63) is 72.5 Å². The van der Waals surface area contributed by atoms with Crippen molar-refractivity contribution in [2.24, 2.45) is 5.10 Å². The van der Waals surface area contributed by atoms with Gasteiger partial charge in [0.25, 0.3) is 10.0 Å². The second-order valence-electron chi connectivity index (χ2n) is 7.77. The summed E-state index contributed by atoms with van der Waals surface area (Å²) in [7, 11) is -3.79. The molecule has 1 heterocycles. The van der Waals surface area contributed by atoms with Crippen LogP contribution in [0.25, 0.3) is 0 Å². The summed E-state index contributed by atoms with van der Waals surface area (Å²) in [6.07, 6.45) is 6.26. The van der Waals surface area contributed by atoms with E-state index in [9.17, 15) is 18.0 Å². The van der Waals surface area contributed by atoms with E-state index in [0.717, 1.165) is 19.6 Å². The van der Waals surface area contributed by atoms with E-state index in [-0.39, 0.29) is 22.9 Å². The van der Waals surface area contributed by atoms with E-state index in [1.165, 1.54) is 36.6 Å². The number of hydrazone groups is 1. The summed E-state index contributed by atoms with van der Waals surface area (Å²) in [4.78, 5) is 30.7. The molecule has 0 fully saturated rings. The quantitative estimate of drug-likeness (QED) is 0.146. The van der Waals surface area contributed by atoms with Crippen LogP contribution < -0.4 is 10.1 Å². The smallest absolute Gasteiger partial charge is 0.342 e. The lowest BCUT2D eigenvalue weighted by Crippen LogP contribution is -2.25. The molecule has 36 heavy (non-hydrogen) atoms. The second kappa shape index (κ2) is 12.8. The maximum Gasteiger partial charge on any atom is 0.342 e. The van der Waals surface area contributed by atoms with Gasteiger partial charge in [0.05, 0.1) is 22.9 Å². The Morgan fingerprint density at radius 3 is 2.50 bits per heavy atom. The van der Waals surface area contributed by atoms with Gasteiger partial charge in [0.15, 0.2) is 5.78 Å². The number of sulfonamides is 1. The molecule has 1 aromatic carbocycles. The van der Waals surface area contributed by atoms with Crippen molar-refractivity contribution in [3.8, 4) is 0 Å². The van der Waals surface area contributed by atoms with Crippen molar-refractivity contribution in [2.75, 3.05) is 36.4 Å². The molecule has 0 aliphatic heterocycles. The highest BCUT2D eigenvalue weighted by atomic mass is 32.2. The third-order valence-electron chi connectivity index (χ3n) is 5.31. The Morgan fingerprint density at radius 1 is 1.08 bits per heavy atom. The van der Waals surface area contributed by atoms with Crippen molar-refractivity contribution < 1.29 is 22.7 Å². The maximum atomic E-state index is 12.5. The molecular formula is C25H29N5O5S. The minimum absolute atomic E-state index is 0.0560. The van der Waals surface area contributed by atoms with E-state index in [0.29, 0.717) is 17.8 Å². The van der Waals surface area contributed by atoms with Crippen molar-refractivity contribution in [1.82, 2.24) is 9.88 Å². The summed E-state index contributed by atoms with van der Waals surface area (Å²) >= 11 is 0. The molecule has 0 saturated heterocycles. The fourth-order valence-corrected chi connectivity index (χ4v) is 4.28. The normalized spacial score (nSPS) is 14.6. The van der Waals surface area contributed by atoms with Crippen LogP contribution in [0.1, 0.15) is 20.3 Å². The number of benzene rings is 1. The number of rotatable bonds is 12. The van der Waals surface area contributed by atoms with Gasteiger partial charge in [-0.25, -0.2) is 18.2 Å². The Hall–Kier alpha value is -3.83. The Labute approximate surface area is 210 Å². The number of carbonyl (C=O) groups excluding carboxylic acids is 2. The molecule has 0 radical (unpaired) electrons. The minimum atomic E-state index is -3.79. The first-order chi connectivity index (χ1) is 17.3. The molecule has 190 valence electrons. The monoisotopic (exact) mass is 511 g/mol. The van der Waals surface area contributed by atoms with Gasteiger partial charge in [0.2, 0.25) is 0 Å². The predicted octanol–water partition coefficient (Wildman–Crippen LogP) is 2.99. The molecule has 10 nitrogen and oxygen atoms in total. The summed E-state index contributed by atoms with van der Waals surface area (Å²) in [6, 6.07) is 10.9. The number of pyridine rings is 1. The average Bonchev–Trinajstić information content (AvgIpc) is 2.88. The van der Waals surface area contributed by atoms with Gasteiger partial charge in [-0.15, -0.1) is 0 Å². The minimum Gasteiger partial charge on any atom is -0.462 e. The third kappa shape index (κ3) is 7.59. The number of nitrogens with zero attached hydrogens (tertiary/aromatic N) is 3. The lowest BCUT2D eigenvalue weighted by molar-refractivity contribution is -0.140. The van der Waals surface area contributed by atoms with Crippen LogP contribution in [-0.4, -0.2) is 62.0 Å². The average molecular weight is 512 g/mol. The molecule has 1 aliphatic carbocycles. The molecule has 0 bridgehead atoms. The Kier molecular flexibility index (Phi) is 9.48. The molecule has 0 spiro atoms. The van der Waals surface area contributed by atoms with Crippen LogP contribution in [0.3, 0.4) is 0 Å². The Balaban J connectivity index is 1.59. The largest absolute Gasteiger partial charge is 0.462 e. The van der Waals surface area contributed by atoms with Crippen molar-refractivity contribution in [1.29, 1.82) is 0 Å². The number of anilines is 2. The van der Waals surface area contributed by atoms with Gasteiger partial charge in [0.1, 0.15) is 11.4 Å². The first-order valence-corrected chi connectivity index (χ1v) is 13.0. The molecular weight excluding hydrogens is 482 g/mol. The summed E-state index contributed by atoms with van der Waals surface area (Å²) in [6.45, 7) is 7.01. The first kappa shape index (κ1) is 26.8. The fraction of sp³-hybridized carbons (Fsp3) is 0.280. The van der Waals surface area contributed by atoms with Crippen LogP contribution in [0.5, 0.6) is 0 Å². The number of carbonyl (C=O) groups is 2. The number of ether oxygens (including phenoxy) is 1. The van der Waals surface area contributed by atoms with E-state index < -0.39 is 21.8 Å². The number of hydrogen-bond donors (Lipinski definition) is 2. The van der Waals surface area contributed by atoms with E-state index in [1.807, 2.05) is 0 Å². The van der Waals surface area contributed by atoms with Gasteiger partial charge in [-0.1, -0.05) is 19.9 Å². The van der Waals surface area contributed by atoms with Crippen LogP contribution in [-0.2, 0) is 24.3 Å². The van der Waals surface area contributed by atoms with Crippen LogP contribution in [0.2, 0.25) is 0 Å². The van der Waals surface area contributed by atoms with Crippen LogP contribution in [0, 0.1) is 0 Å². The van der Waals surface area contributed by atoms with E-state index >= 15 is 0 Å². The standard InChI is InChI=1S/C25H29N5O5S/c1-3-30(4-2)16-7-17-35-25(32)22-18-20(11-14-23(22)31)28-27-19-9-12-21(13-10-19)36(33,34)29-24-8-5-6-15-26-24/h5-6,8-15,18,27H,3-4,7,16-17H2,1-2H3,(H,26,29). The van der Waals surface area contributed by atoms with Crippen LogP contribution in [0.15, 0.2) is 82.5 Å². The number of hydrogen-bond acceptors (Lipinski definition) is 9. The van der Waals surface area contributed by atoms with Crippen LogP contribution >= 0.6 is 0 Å². The highest BCUT2D eigenvalue weighted by molar-refractivity contribution is 7.92. The number of ketones is 1. The van der Waals surface area contributed by atoms with Gasteiger partial charge in [0, 0.05) is 12.7 Å². The van der Waals surface area contributed by atoms with Gasteiger partial charge in [-0.05, 0) is 74.1 Å². The third-order valence-corrected chi connectivity index (χ3v) is 6.68. The topological polar surface area (TPSA) is 130 Å². The molecule has 0 unspecified atom stereocenters. The molecule has 0 atom stereocenters. The predicted molar refractivity (Wildman–Crippen MR) is 138 cm³/mol. The summed E-state index contributed by atoms with van der Waals surface area (Å²) in [5.41, 5.74) is 3.55. The van der Waals surface area contributed by atoms with Crippen molar-refractivity contribution >= 4 is 39.0 Å². The van der Waals surface area contributed by atoms with Gasteiger partial charge in [-0.3, -0.25) is 14.9 Å². The molecule has 3 rings (SSSR count). The Bertz CT molecular complexity index is 1250. The summed E-state index contributed by atoms with van der Waals surface area (Å²) in [5.74, 6) is -0.918. The van der Waals surface area contributed by atoms with E-state index in [1.54, 1.807) is 30.3 Å². The number of allylic oxidation sites excluding steroid dienone is 3. The van der Waals surface area contributed by atoms with E-state index in [4.69, 9.17) is 4.74 Å². The molecule has 2 aromatic rings. The highest BCUT2D eigenvalue weighted by Crippen LogP contribution is 2.17. The van der Waals surface area contributed by atoms with Gasteiger partial charge < -0.3 is 9.64 Å². The zero-order valence-corrected chi connectivity index (χ0v) is 21.0. The summed E-state index contributed by atoms with van der Waals surface area (Å²) < 4.78 is 32.7. The fourth-order valence-electron chi connectivity index (χ4n) is 3.28. The second-order valence-corrected chi connectivity index (χ2v) is 9.45. The SMILES string of the molecule is CCN(CC)CCCOC(=O)C1=CC(=NNc2ccc(S(=O)(=O)Nc3ccccn3)cc2)C=CC1=O. The number of nitrogens with one attached hydrogen (secondary N) is 2. The van der Waals surface area contributed by atoms with Gasteiger partial charge >= 0.3 is 5.97 Å². The first-order valence-electron chi connectivity index (χ1n) is 11.5. The highest BCUT2D eigenvalue weighted by Gasteiger charge is 2.21. The maximum absolute atomic E-state index is 12.5. The lowest BCUT2D eigenvalue weighted by Gasteiger charge is -2.17. The zero-order valence-electron chi connectivity index (χ0n) is 20.2. The summed E-state index contributed by atoms with van der Waals surface area (Å²) in [5, 5.41) is 4.18. The molecule has 11 heteroatoms. The van der Waals surface area contributed by atoms with Gasteiger partial charge in [-0.2, -0.15) is 5.10 Å². The molecule has 1 aliphatic rings. The molecule has 0 amide bonds.